The van der Waals surface area contributed by atoms with Gasteiger partial charge in [-0.05, 0) is 32.4 Å². The molecule has 0 aromatic carbocycles. The highest BCUT2D eigenvalue weighted by atomic mass is 15.1. The van der Waals surface area contributed by atoms with Crippen molar-refractivity contribution in [2.75, 3.05) is 14.1 Å². The minimum absolute atomic E-state index is 0.125. The smallest absolute Gasteiger partial charge is 0.100 e. The van der Waals surface area contributed by atoms with E-state index in [1.54, 1.807) is 0 Å². The van der Waals surface area contributed by atoms with Crippen molar-refractivity contribution in [1.82, 2.24) is 4.90 Å². The van der Waals surface area contributed by atoms with Gasteiger partial charge in [-0.15, -0.1) is 0 Å². The van der Waals surface area contributed by atoms with Gasteiger partial charge in [-0.25, -0.2) is 0 Å². The van der Waals surface area contributed by atoms with Crippen molar-refractivity contribution in [3.63, 3.8) is 0 Å². The third kappa shape index (κ3) is 2.48. The van der Waals surface area contributed by atoms with Crippen LogP contribution in [0, 0.1) is 23.2 Å². The van der Waals surface area contributed by atoms with Crippen LogP contribution in [-0.2, 0) is 0 Å². The number of nitrogens with zero attached hydrogens (tertiary/aromatic N) is 2. The molecule has 1 saturated carbocycles. The molecule has 1 rings (SSSR count). The molecular weight excluding hydrogens is 172 g/mol. The van der Waals surface area contributed by atoms with Crippen LogP contribution in [0.25, 0.3) is 0 Å². The SMILES string of the molecule is CCC1CCCCC1C(C#N)N(C)C. The van der Waals surface area contributed by atoms with Crippen LogP contribution in [0.2, 0.25) is 0 Å². The van der Waals surface area contributed by atoms with Crippen LogP contribution in [-0.4, -0.2) is 25.0 Å². The van der Waals surface area contributed by atoms with Gasteiger partial charge in [0, 0.05) is 0 Å². The Hall–Kier alpha value is -0.550. The Morgan fingerprint density at radius 1 is 1.36 bits per heavy atom. The fourth-order valence-corrected chi connectivity index (χ4v) is 2.75. The molecular formula is C12H22N2. The minimum Gasteiger partial charge on any atom is -0.294 e. The average molecular weight is 194 g/mol. The fourth-order valence-electron chi connectivity index (χ4n) is 2.75. The van der Waals surface area contributed by atoms with Gasteiger partial charge in [-0.1, -0.05) is 32.6 Å². The molecule has 0 aromatic heterocycles. The summed E-state index contributed by atoms with van der Waals surface area (Å²) in [7, 11) is 4.05. The highest BCUT2D eigenvalue weighted by molar-refractivity contribution is 4.97. The van der Waals surface area contributed by atoms with Crippen LogP contribution < -0.4 is 0 Å². The van der Waals surface area contributed by atoms with Crippen molar-refractivity contribution >= 4 is 0 Å². The zero-order valence-corrected chi connectivity index (χ0v) is 9.66. The largest absolute Gasteiger partial charge is 0.294 e. The highest BCUT2D eigenvalue weighted by Gasteiger charge is 2.31. The molecule has 0 radical (unpaired) electrons. The third-order valence-corrected chi connectivity index (χ3v) is 3.59. The monoisotopic (exact) mass is 194 g/mol. The first kappa shape index (κ1) is 11.5. The van der Waals surface area contributed by atoms with Gasteiger partial charge < -0.3 is 0 Å². The summed E-state index contributed by atoms with van der Waals surface area (Å²) >= 11 is 0. The van der Waals surface area contributed by atoms with Gasteiger partial charge in [0.05, 0.1) is 6.07 Å². The number of nitriles is 1. The first-order chi connectivity index (χ1) is 6.70. The van der Waals surface area contributed by atoms with Crippen LogP contribution in [0.4, 0.5) is 0 Å². The molecule has 2 heteroatoms. The van der Waals surface area contributed by atoms with E-state index >= 15 is 0 Å². The summed E-state index contributed by atoms with van der Waals surface area (Å²) in [5.74, 6) is 1.38. The van der Waals surface area contributed by atoms with Gasteiger partial charge >= 0.3 is 0 Å². The maximum Gasteiger partial charge on any atom is 0.100 e. The third-order valence-electron chi connectivity index (χ3n) is 3.59. The van der Waals surface area contributed by atoms with Crippen LogP contribution in [0.15, 0.2) is 0 Å². The van der Waals surface area contributed by atoms with Crippen molar-refractivity contribution in [3.8, 4) is 6.07 Å². The van der Waals surface area contributed by atoms with Gasteiger partial charge in [-0.3, -0.25) is 4.90 Å². The lowest BCUT2D eigenvalue weighted by Crippen LogP contribution is -2.39. The first-order valence-corrected chi connectivity index (χ1v) is 5.76. The summed E-state index contributed by atoms with van der Waals surface area (Å²) in [5, 5.41) is 9.17. The summed E-state index contributed by atoms with van der Waals surface area (Å²) in [6.45, 7) is 2.26. The molecule has 0 amide bonds. The van der Waals surface area contributed by atoms with Crippen LogP contribution in [0.3, 0.4) is 0 Å². The van der Waals surface area contributed by atoms with Gasteiger partial charge in [0.25, 0.3) is 0 Å². The topological polar surface area (TPSA) is 27.0 Å². The second-order valence-electron chi connectivity index (χ2n) is 4.65. The fraction of sp³-hybridized carbons (Fsp3) is 0.917. The van der Waals surface area contributed by atoms with Gasteiger partial charge in [0.1, 0.15) is 6.04 Å². The molecule has 3 unspecified atom stereocenters. The number of rotatable bonds is 3. The predicted octanol–water partition coefficient (Wildman–Crippen LogP) is 2.66. The Balaban J connectivity index is 2.66. The van der Waals surface area contributed by atoms with Crippen LogP contribution >= 0.6 is 0 Å². The molecule has 1 aliphatic carbocycles. The van der Waals surface area contributed by atoms with E-state index in [2.05, 4.69) is 17.9 Å². The Morgan fingerprint density at radius 2 is 2.00 bits per heavy atom. The van der Waals surface area contributed by atoms with Gasteiger partial charge in [-0.2, -0.15) is 5.26 Å². The second-order valence-corrected chi connectivity index (χ2v) is 4.65. The van der Waals surface area contributed by atoms with E-state index in [4.69, 9.17) is 0 Å². The molecule has 3 atom stereocenters. The average Bonchev–Trinajstić information content (AvgIpc) is 2.19. The highest BCUT2D eigenvalue weighted by Crippen LogP contribution is 2.35. The van der Waals surface area contributed by atoms with Crippen molar-refractivity contribution in [2.24, 2.45) is 11.8 Å². The molecule has 0 bridgehead atoms. The second kappa shape index (κ2) is 5.36. The van der Waals surface area contributed by atoms with Gasteiger partial charge in [0.15, 0.2) is 0 Å². The zero-order valence-electron chi connectivity index (χ0n) is 9.66. The predicted molar refractivity (Wildman–Crippen MR) is 58.8 cm³/mol. The van der Waals surface area contributed by atoms with Crippen molar-refractivity contribution in [3.05, 3.63) is 0 Å². The Labute approximate surface area is 87.9 Å². The summed E-state index contributed by atoms with van der Waals surface area (Å²) in [6.07, 6.45) is 6.48. The van der Waals surface area contributed by atoms with E-state index in [0.717, 1.165) is 5.92 Å². The lowest BCUT2D eigenvalue weighted by Gasteiger charge is -2.36. The summed E-state index contributed by atoms with van der Waals surface area (Å²) in [4.78, 5) is 2.08. The Morgan fingerprint density at radius 3 is 2.50 bits per heavy atom. The minimum atomic E-state index is 0.125. The number of hydrogen-bond donors (Lipinski definition) is 0. The molecule has 14 heavy (non-hydrogen) atoms. The number of hydrogen-bond acceptors (Lipinski definition) is 2. The first-order valence-electron chi connectivity index (χ1n) is 5.76. The molecule has 1 aliphatic rings. The summed E-state index contributed by atoms with van der Waals surface area (Å²) in [5.41, 5.74) is 0. The van der Waals surface area contributed by atoms with Gasteiger partial charge in [0.2, 0.25) is 0 Å². The van der Waals surface area contributed by atoms with Crippen LogP contribution in [0.1, 0.15) is 39.0 Å². The van der Waals surface area contributed by atoms with Crippen molar-refractivity contribution < 1.29 is 0 Å². The molecule has 0 heterocycles. The molecule has 0 saturated heterocycles. The molecule has 80 valence electrons. The quantitative estimate of drug-likeness (QED) is 0.690. The molecule has 0 aliphatic heterocycles. The normalized spacial score (nSPS) is 29.9. The van der Waals surface area contributed by atoms with Crippen molar-refractivity contribution in [2.45, 2.75) is 45.1 Å². The lowest BCUT2D eigenvalue weighted by atomic mass is 9.74. The maximum absolute atomic E-state index is 9.17. The molecule has 0 spiro atoms. The molecule has 1 fully saturated rings. The van der Waals surface area contributed by atoms with E-state index in [-0.39, 0.29) is 6.04 Å². The summed E-state index contributed by atoms with van der Waals surface area (Å²) < 4.78 is 0. The molecule has 2 nitrogen and oxygen atoms in total. The molecule has 0 N–H and O–H groups in total. The van der Waals surface area contributed by atoms with E-state index < -0.39 is 0 Å². The van der Waals surface area contributed by atoms with E-state index in [1.807, 2.05) is 14.1 Å². The Kier molecular flexibility index (Phi) is 4.41. The summed E-state index contributed by atoms with van der Waals surface area (Å²) in [6, 6.07) is 2.59. The molecule has 0 aromatic rings. The zero-order chi connectivity index (χ0) is 10.6. The van der Waals surface area contributed by atoms with E-state index in [0.29, 0.717) is 5.92 Å². The lowest BCUT2D eigenvalue weighted by molar-refractivity contribution is 0.144. The standard InChI is InChI=1S/C12H22N2/c1-4-10-7-5-6-8-11(10)12(9-13)14(2)3/h10-12H,4-8H2,1-3H3. The van der Waals surface area contributed by atoms with Crippen LogP contribution in [0.5, 0.6) is 0 Å². The van der Waals surface area contributed by atoms with E-state index in [9.17, 15) is 5.26 Å². The van der Waals surface area contributed by atoms with Crippen molar-refractivity contribution in [1.29, 1.82) is 5.26 Å². The maximum atomic E-state index is 9.17. The Bertz CT molecular complexity index is 205. The van der Waals surface area contributed by atoms with E-state index in [1.165, 1.54) is 32.1 Å².